The van der Waals surface area contributed by atoms with Crippen molar-refractivity contribution >= 4 is 17.3 Å². The van der Waals surface area contributed by atoms with Crippen molar-refractivity contribution in [3.8, 4) is 5.75 Å². The van der Waals surface area contributed by atoms with E-state index < -0.39 is 0 Å². The summed E-state index contributed by atoms with van der Waals surface area (Å²) in [6, 6.07) is 23.6. The fourth-order valence-corrected chi connectivity index (χ4v) is 3.24. The predicted molar refractivity (Wildman–Crippen MR) is 104 cm³/mol. The van der Waals surface area contributed by atoms with Crippen molar-refractivity contribution in [2.75, 3.05) is 17.3 Å². The average molecular weight is 344 g/mol. The summed E-state index contributed by atoms with van der Waals surface area (Å²) >= 11 is 0. The van der Waals surface area contributed by atoms with Crippen LogP contribution >= 0.6 is 0 Å². The van der Waals surface area contributed by atoms with E-state index in [1.54, 1.807) is 13.2 Å². The number of amides is 1. The van der Waals surface area contributed by atoms with Crippen molar-refractivity contribution in [1.82, 2.24) is 0 Å². The lowest BCUT2D eigenvalue weighted by Crippen LogP contribution is -2.15. The first-order valence-corrected chi connectivity index (χ1v) is 8.60. The summed E-state index contributed by atoms with van der Waals surface area (Å²) in [5.74, 6) is 0.584. The van der Waals surface area contributed by atoms with Gasteiger partial charge in [-0.3, -0.25) is 4.79 Å². The quantitative estimate of drug-likeness (QED) is 0.759. The molecule has 1 amide bonds. The molecular formula is C22H20N2O2. The molecule has 1 aliphatic rings. The van der Waals surface area contributed by atoms with Crippen LogP contribution in [-0.4, -0.2) is 13.0 Å². The molecular weight excluding hydrogens is 324 g/mol. The van der Waals surface area contributed by atoms with Crippen molar-refractivity contribution in [2.24, 2.45) is 0 Å². The number of hydrogen-bond acceptors (Lipinski definition) is 3. The summed E-state index contributed by atoms with van der Waals surface area (Å²) in [7, 11) is 1.61. The minimum absolute atomic E-state index is 0.130. The van der Waals surface area contributed by atoms with Gasteiger partial charge >= 0.3 is 0 Å². The van der Waals surface area contributed by atoms with Crippen LogP contribution in [0.4, 0.5) is 11.4 Å². The molecule has 4 rings (SSSR count). The zero-order valence-electron chi connectivity index (χ0n) is 14.6. The van der Waals surface area contributed by atoms with Gasteiger partial charge in [-0.15, -0.1) is 0 Å². The Hall–Kier alpha value is -3.27. The van der Waals surface area contributed by atoms with Gasteiger partial charge in [-0.1, -0.05) is 30.3 Å². The number of benzene rings is 3. The number of rotatable bonds is 4. The highest BCUT2D eigenvalue weighted by Gasteiger charge is 2.18. The van der Waals surface area contributed by atoms with E-state index in [2.05, 4.69) is 34.5 Å². The van der Waals surface area contributed by atoms with Crippen LogP contribution in [0.15, 0.2) is 72.8 Å². The first-order chi connectivity index (χ1) is 12.7. The summed E-state index contributed by atoms with van der Waals surface area (Å²) in [4.78, 5) is 14.8. The average Bonchev–Trinajstić information content (AvgIpc) is 3.12. The zero-order chi connectivity index (χ0) is 17.9. The van der Waals surface area contributed by atoms with Crippen LogP contribution in [0.25, 0.3) is 0 Å². The van der Waals surface area contributed by atoms with Crippen LogP contribution in [0, 0.1) is 0 Å². The summed E-state index contributed by atoms with van der Waals surface area (Å²) in [5, 5.41) is 2.90. The molecule has 0 aromatic heterocycles. The van der Waals surface area contributed by atoms with E-state index in [1.165, 1.54) is 11.1 Å². The molecule has 0 saturated heterocycles. The van der Waals surface area contributed by atoms with E-state index in [0.29, 0.717) is 17.0 Å². The Balaban J connectivity index is 1.45. The Morgan fingerprint density at radius 3 is 2.27 bits per heavy atom. The number of fused-ring (bicyclic) bond motifs is 1. The number of ether oxygens (including phenoxy) is 1. The molecule has 1 N–H and O–H groups in total. The molecule has 1 heterocycles. The molecule has 0 radical (unpaired) electrons. The van der Waals surface area contributed by atoms with Crippen LogP contribution in [0.2, 0.25) is 0 Å². The normalized spacial score (nSPS) is 12.6. The number of carbonyl (C=O) groups is 1. The lowest BCUT2D eigenvalue weighted by Gasteiger charge is -2.18. The fourth-order valence-electron chi connectivity index (χ4n) is 3.24. The van der Waals surface area contributed by atoms with Gasteiger partial charge in [0.15, 0.2) is 0 Å². The summed E-state index contributed by atoms with van der Waals surface area (Å²) in [6.45, 7) is 1.82. The van der Waals surface area contributed by atoms with Gasteiger partial charge in [-0.2, -0.15) is 0 Å². The van der Waals surface area contributed by atoms with Gasteiger partial charge in [0, 0.05) is 36.1 Å². The van der Waals surface area contributed by atoms with Gasteiger partial charge in [0.05, 0.1) is 7.11 Å². The van der Waals surface area contributed by atoms with E-state index in [1.807, 2.05) is 42.5 Å². The molecule has 3 aromatic rings. The van der Waals surface area contributed by atoms with E-state index in [0.717, 1.165) is 18.8 Å². The Morgan fingerprint density at radius 2 is 1.62 bits per heavy atom. The number of hydrogen-bond donors (Lipinski definition) is 1. The molecule has 0 bridgehead atoms. The Labute approximate surface area is 153 Å². The van der Waals surface area contributed by atoms with Crippen molar-refractivity contribution in [3.05, 3.63) is 89.5 Å². The SMILES string of the molecule is COc1cccc(NC(=O)c2ccc(N3Cc4ccccc4C3)cc2)c1. The lowest BCUT2D eigenvalue weighted by atomic mass is 10.1. The molecule has 130 valence electrons. The monoisotopic (exact) mass is 344 g/mol. The molecule has 0 fully saturated rings. The molecule has 0 unspecified atom stereocenters. The summed E-state index contributed by atoms with van der Waals surface area (Å²) < 4.78 is 5.18. The van der Waals surface area contributed by atoms with Gasteiger partial charge in [-0.05, 0) is 47.5 Å². The first kappa shape index (κ1) is 16.2. The zero-order valence-corrected chi connectivity index (χ0v) is 14.6. The molecule has 26 heavy (non-hydrogen) atoms. The molecule has 1 aliphatic heterocycles. The minimum Gasteiger partial charge on any atom is -0.497 e. The molecule has 0 saturated carbocycles. The molecule has 4 heteroatoms. The van der Waals surface area contributed by atoms with Gasteiger partial charge < -0.3 is 15.0 Å². The van der Waals surface area contributed by atoms with Crippen molar-refractivity contribution in [2.45, 2.75) is 13.1 Å². The van der Waals surface area contributed by atoms with Crippen molar-refractivity contribution < 1.29 is 9.53 Å². The van der Waals surface area contributed by atoms with Crippen molar-refractivity contribution in [3.63, 3.8) is 0 Å². The maximum absolute atomic E-state index is 12.5. The third-order valence-electron chi connectivity index (χ3n) is 4.66. The van der Waals surface area contributed by atoms with Crippen LogP contribution in [0.5, 0.6) is 5.75 Å². The third kappa shape index (κ3) is 3.26. The van der Waals surface area contributed by atoms with Crippen LogP contribution < -0.4 is 15.0 Å². The molecule has 4 nitrogen and oxygen atoms in total. The van der Waals surface area contributed by atoms with E-state index in [4.69, 9.17) is 4.74 Å². The number of methoxy groups -OCH3 is 1. The van der Waals surface area contributed by atoms with E-state index >= 15 is 0 Å². The number of anilines is 2. The topological polar surface area (TPSA) is 41.6 Å². The largest absolute Gasteiger partial charge is 0.497 e. The number of carbonyl (C=O) groups excluding carboxylic acids is 1. The van der Waals surface area contributed by atoms with Gasteiger partial charge in [0.2, 0.25) is 0 Å². The van der Waals surface area contributed by atoms with Crippen LogP contribution in [0.1, 0.15) is 21.5 Å². The molecule has 0 atom stereocenters. The van der Waals surface area contributed by atoms with E-state index in [9.17, 15) is 4.79 Å². The second-order valence-electron chi connectivity index (χ2n) is 6.36. The summed E-state index contributed by atoms with van der Waals surface area (Å²) in [5.41, 5.74) is 5.21. The first-order valence-electron chi connectivity index (χ1n) is 8.60. The van der Waals surface area contributed by atoms with Gasteiger partial charge in [0.1, 0.15) is 5.75 Å². The number of nitrogens with one attached hydrogen (secondary N) is 1. The maximum Gasteiger partial charge on any atom is 0.255 e. The molecule has 3 aromatic carbocycles. The Morgan fingerprint density at radius 1 is 0.923 bits per heavy atom. The smallest absolute Gasteiger partial charge is 0.255 e. The standard InChI is InChI=1S/C22H20N2O2/c1-26-21-8-4-7-19(13-21)23-22(25)16-9-11-20(12-10-16)24-14-17-5-2-3-6-18(17)15-24/h2-13H,14-15H2,1H3,(H,23,25). The van der Waals surface area contributed by atoms with Gasteiger partial charge in [0.25, 0.3) is 5.91 Å². The Kier molecular flexibility index (Phi) is 4.32. The highest BCUT2D eigenvalue weighted by molar-refractivity contribution is 6.04. The van der Waals surface area contributed by atoms with Crippen LogP contribution in [-0.2, 0) is 13.1 Å². The minimum atomic E-state index is -0.130. The lowest BCUT2D eigenvalue weighted by molar-refractivity contribution is 0.102. The second-order valence-corrected chi connectivity index (χ2v) is 6.36. The fraction of sp³-hybridized carbons (Fsp3) is 0.136. The Bertz CT molecular complexity index is 910. The van der Waals surface area contributed by atoms with Crippen molar-refractivity contribution in [1.29, 1.82) is 0 Å². The summed E-state index contributed by atoms with van der Waals surface area (Å²) in [6.07, 6.45) is 0. The maximum atomic E-state index is 12.5. The van der Waals surface area contributed by atoms with Gasteiger partial charge in [-0.25, -0.2) is 0 Å². The predicted octanol–water partition coefficient (Wildman–Crippen LogP) is 4.47. The molecule has 0 aliphatic carbocycles. The third-order valence-corrected chi connectivity index (χ3v) is 4.66. The molecule has 0 spiro atoms. The van der Waals surface area contributed by atoms with E-state index in [-0.39, 0.29) is 5.91 Å². The number of nitrogens with zero attached hydrogens (tertiary/aromatic N) is 1. The van der Waals surface area contributed by atoms with Crippen LogP contribution in [0.3, 0.4) is 0 Å². The highest BCUT2D eigenvalue weighted by Crippen LogP contribution is 2.28. The highest BCUT2D eigenvalue weighted by atomic mass is 16.5. The second kappa shape index (κ2) is 6.92.